The van der Waals surface area contributed by atoms with Gasteiger partial charge in [-0.25, -0.2) is 4.57 Å². The molecule has 0 radical (unpaired) electrons. The molecule has 0 spiro atoms. The minimum Gasteiger partial charge on any atom is -0.201 e. The van der Waals surface area contributed by atoms with Crippen molar-refractivity contribution in [1.82, 2.24) is 0 Å². The lowest BCUT2D eigenvalue weighted by molar-refractivity contribution is -0.660. The molecule has 0 amide bonds. The number of rotatable bonds is 0. The smallest absolute Gasteiger partial charge is 0.201 e. The van der Waals surface area contributed by atoms with Gasteiger partial charge in [-0.2, -0.15) is 0 Å². The van der Waals surface area contributed by atoms with Gasteiger partial charge < -0.3 is 0 Å². The molecule has 2 aliphatic rings. The van der Waals surface area contributed by atoms with Crippen LogP contribution in [0.25, 0.3) is 33.5 Å². The summed E-state index contributed by atoms with van der Waals surface area (Å²) in [5, 5.41) is 0. The van der Waals surface area contributed by atoms with E-state index in [2.05, 4.69) is 91.5 Å². The van der Waals surface area contributed by atoms with Gasteiger partial charge in [0.05, 0.1) is 5.56 Å². The third kappa shape index (κ3) is 2.16. The molecule has 0 saturated carbocycles. The number of pyridine rings is 1. The van der Waals surface area contributed by atoms with E-state index in [0.717, 1.165) is 12.8 Å². The fraction of sp³-hybridized carbons (Fsp3) is 0.148. The van der Waals surface area contributed by atoms with Crippen molar-refractivity contribution in [3.05, 3.63) is 101 Å². The van der Waals surface area contributed by atoms with Gasteiger partial charge in [0.25, 0.3) is 0 Å². The lowest BCUT2D eigenvalue weighted by Crippen LogP contribution is -2.31. The van der Waals surface area contributed by atoms with Crippen LogP contribution in [-0.2, 0) is 19.9 Å². The highest BCUT2D eigenvalue weighted by molar-refractivity contribution is 5.89. The first kappa shape index (κ1) is 15.8. The van der Waals surface area contributed by atoms with Crippen molar-refractivity contribution in [2.75, 3.05) is 0 Å². The second-order valence-corrected chi connectivity index (χ2v) is 8.20. The Morgan fingerprint density at radius 2 is 1.50 bits per heavy atom. The summed E-state index contributed by atoms with van der Waals surface area (Å²) in [6, 6.07) is 25.2. The van der Waals surface area contributed by atoms with Crippen LogP contribution in [0.5, 0.6) is 0 Å². The molecular formula is C27H22N+. The molecule has 1 heterocycles. The number of fused-ring (bicyclic) bond motifs is 7. The number of aromatic nitrogens is 1. The quantitative estimate of drug-likeness (QED) is 0.309. The lowest BCUT2D eigenvalue weighted by Gasteiger charge is -2.13. The average molecular weight is 360 g/mol. The van der Waals surface area contributed by atoms with Crippen molar-refractivity contribution in [3.63, 3.8) is 0 Å². The Morgan fingerprint density at radius 3 is 2.43 bits per heavy atom. The van der Waals surface area contributed by atoms with Gasteiger partial charge in [0.1, 0.15) is 7.05 Å². The Labute approximate surface area is 165 Å². The summed E-state index contributed by atoms with van der Waals surface area (Å²) >= 11 is 0. The van der Waals surface area contributed by atoms with Crippen LogP contribution < -0.4 is 4.57 Å². The van der Waals surface area contributed by atoms with E-state index < -0.39 is 0 Å². The van der Waals surface area contributed by atoms with Crippen LogP contribution in [-0.4, -0.2) is 0 Å². The van der Waals surface area contributed by atoms with E-state index >= 15 is 0 Å². The van der Waals surface area contributed by atoms with Crippen molar-refractivity contribution in [2.24, 2.45) is 7.05 Å². The van der Waals surface area contributed by atoms with Crippen LogP contribution in [0.3, 0.4) is 0 Å². The van der Waals surface area contributed by atoms with E-state index in [1.54, 1.807) is 0 Å². The molecule has 1 nitrogen and oxygen atoms in total. The molecule has 4 aromatic rings. The maximum absolute atomic E-state index is 2.39. The molecule has 0 saturated heterocycles. The second kappa shape index (κ2) is 5.65. The van der Waals surface area contributed by atoms with E-state index in [-0.39, 0.29) is 0 Å². The van der Waals surface area contributed by atoms with Gasteiger partial charge in [0.15, 0.2) is 6.20 Å². The van der Waals surface area contributed by atoms with Gasteiger partial charge in [0.2, 0.25) is 5.69 Å². The monoisotopic (exact) mass is 360 g/mol. The first-order valence-corrected chi connectivity index (χ1v) is 10.0. The Kier molecular flexibility index (Phi) is 3.20. The number of hydrogen-bond donors (Lipinski definition) is 0. The van der Waals surface area contributed by atoms with Crippen LogP contribution in [0.15, 0.2) is 72.9 Å². The van der Waals surface area contributed by atoms with Crippen LogP contribution in [0, 0.1) is 6.92 Å². The maximum Gasteiger partial charge on any atom is 0.213 e. The van der Waals surface area contributed by atoms with Crippen LogP contribution in [0.4, 0.5) is 0 Å². The SMILES string of the molecule is Cc1ccc2c3c1-c1cc(cc[n+]1C)Cc1cccc(c1)-c1cccc-2c1C3. The molecule has 6 bridgehead atoms. The normalized spacial score (nSPS) is 13.1. The molecule has 28 heavy (non-hydrogen) atoms. The maximum atomic E-state index is 2.39. The summed E-state index contributed by atoms with van der Waals surface area (Å²) in [6.07, 6.45) is 4.18. The molecule has 0 N–H and O–H groups in total. The molecule has 3 aromatic carbocycles. The third-order valence-corrected chi connectivity index (χ3v) is 6.46. The highest BCUT2D eigenvalue weighted by atomic mass is 14.9. The van der Waals surface area contributed by atoms with Crippen LogP contribution >= 0.6 is 0 Å². The molecule has 0 atom stereocenters. The fourth-order valence-electron chi connectivity index (χ4n) is 5.09. The predicted molar refractivity (Wildman–Crippen MR) is 114 cm³/mol. The molecular weight excluding hydrogens is 338 g/mol. The van der Waals surface area contributed by atoms with Gasteiger partial charge >= 0.3 is 0 Å². The van der Waals surface area contributed by atoms with Gasteiger partial charge in [-0.05, 0) is 63.4 Å². The van der Waals surface area contributed by atoms with Gasteiger partial charge in [-0.3, -0.25) is 0 Å². The van der Waals surface area contributed by atoms with E-state index in [1.807, 2.05) is 0 Å². The summed E-state index contributed by atoms with van der Waals surface area (Å²) in [5.74, 6) is 0. The summed E-state index contributed by atoms with van der Waals surface area (Å²) in [4.78, 5) is 0. The minimum absolute atomic E-state index is 0.963. The molecule has 1 heteroatoms. The first-order valence-electron chi connectivity index (χ1n) is 10.0. The van der Waals surface area contributed by atoms with Crippen molar-refractivity contribution >= 4 is 0 Å². The summed E-state index contributed by atoms with van der Waals surface area (Å²) < 4.78 is 2.28. The van der Waals surface area contributed by atoms with E-state index in [1.165, 1.54) is 61.3 Å². The zero-order valence-electron chi connectivity index (χ0n) is 16.3. The fourth-order valence-corrected chi connectivity index (χ4v) is 5.09. The Bertz CT molecular complexity index is 1280. The Hall–Kier alpha value is -3.19. The molecule has 2 aliphatic carbocycles. The number of hydrogen-bond acceptors (Lipinski definition) is 0. The van der Waals surface area contributed by atoms with Crippen LogP contribution in [0.2, 0.25) is 0 Å². The predicted octanol–water partition coefficient (Wildman–Crippen LogP) is 5.63. The standard InChI is InChI=1S/C27H22N/c1-17-9-10-23-22-8-4-7-21-20-6-3-5-18(14-20)13-19-11-12-28(2)26(15-19)27(17)25(23)16-24(21)22/h3-12,14-15H,13,16H2,1-2H3/q+1. The van der Waals surface area contributed by atoms with Crippen molar-refractivity contribution in [3.8, 4) is 33.5 Å². The molecule has 0 aliphatic heterocycles. The van der Waals surface area contributed by atoms with E-state index in [0.29, 0.717) is 0 Å². The molecule has 134 valence electrons. The Balaban J connectivity index is 1.77. The molecule has 0 unspecified atom stereocenters. The highest BCUT2D eigenvalue weighted by Gasteiger charge is 2.28. The number of aryl methyl sites for hydroxylation is 2. The molecule has 1 aromatic heterocycles. The zero-order chi connectivity index (χ0) is 18.8. The topological polar surface area (TPSA) is 3.88 Å². The van der Waals surface area contributed by atoms with E-state index in [9.17, 15) is 0 Å². The largest absolute Gasteiger partial charge is 0.213 e. The average Bonchev–Trinajstić information content (AvgIpc) is 3.08. The van der Waals surface area contributed by atoms with Gasteiger partial charge in [-0.15, -0.1) is 0 Å². The Morgan fingerprint density at radius 1 is 0.714 bits per heavy atom. The number of nitrogens with zero attached hydrogens (tertiary/aromatic N) is 1. The summed E-state index contributed by atoms with van der Waals surface area (Å²) in [5.41, 5.74) is 15.3. The van der Waals surface area contributed by atoms with Gasteiger partial charge in [0, 0.05) is 18.6 Å². The lowest BCUT2D eigenvalue weighted by atomic mass is 9.91. The second-order valence-electron chi connectivity index (χ2n) is 8.20. The third-order valence-electron chi connectivity index (χ3n) is 6.46. The first-order chi connectivity index (χ1) is 13.7. The van der Waals surface area contributed by atoms with E-state index in [4.69, 9.17) is 0 Å². The van der Waals surface area contributed by atoms with Crippen LogP contribution in [0.1, 0.15) is 27.8 Å². The zero-order valence-corrected chi connectivity index (χ0v) is 16.3. The highest BCUT2D eigenvalue weighted by Crippen LogP contribution is 2.46. The van der Waals surface area contributed by atoms with Crippen molar-refractivity contribution < 1.29 is 4.57 Å². The summed E-state index contributed by atoms with van der Waals surface area (Å²) in [6.45, 7) is 2.25. The van der Waals surface area contributed by atoms with Crippen molar-refractivity contribution in [1.29, 1.82) is 0 Å². The summed E-state index contributed by atoms with van der Waals surface area (Å²) in [7, 11) is 2.16. The molecule has 6 rings (SSSR count). The molecule has 0 fully saturated rings. The minimum atomic E-state index is 0.963. The van der Waals surface area contributed by atoms with Gasteiger partial charge in [-0.1, -0.05) is 54.6 Å². The number of benzene rings is 3. The van der Waals surface area contributed by atoms with Crippen molar-refractivity contribution in [2.45, 2.75) is 19.8 Å².